The van der Waals surface area contributed by atoms with E-state index in [9.17, 15) is 9.90 Å². The van der Waals surface area contributed by atoms with E-state index >= 15 is 0 Å². The van der Waals surface area contributed by atoms with E-state index in [4.69, 9.17) is 34.7 Å². The van der Waals surface area contributed by atoms with Crippen LogP contribution in [0.25, 0.3) is 0 Å². The molecule has 6 heteroatoms. The van der Waals surface area contributed by atoms with E-state index in [0.717, 1.165) is 0 Å². The van der Waals surface area contributed by atoms with Gasteiger partial charge in [-0.2, -0.15) is 0 Å². The van der Waals surface area contributed by atoms with Crippen molar-refractivity contribution in [2.45, 2.75) is 5.92 Å². The van der Waals surface area contributed by atoms with Crippen molar-refractivity contribution in [1.82, 2.24) is 0 Å². The summed E-state index contributed by atoms with van der Waals surface area (Å²) in [5.74, 6) is -1.62. The molecular weight excluding hydrogens is 299 g/mol. The Labute approximate surface area is 125 Å². The molecule has 2 rings (SSSR count). The fraction of sp³-hybridized carbons (Fsp3) is 0.0714. The van der Waals surface area contributed by atoms with Gasteiger partial charge in [-0.25, -0.2) is 0 Å². The van der Waals surface area contributed by atoms with E-state index in [-0.39, 0.29) is 5.75 Å². The Bertz CT molecular complexity index is 674. The summed E-state index contributed by atoms with van der Waals surface area (Å²) < 4.78 is 0. The number of halogens is 2. The number of nitrogens with two attached hydrogens (primary N) is 2. The molecule has 0 heterocycles. The quantitative estimate of drug-likeness (QED) is 0.761. The SMILES string of the molecule is NC(=O)C(c1cc(Cl)ccc1O)c1ccc(N)cc1Cl. The van der Waals surface area contributed by atoms with Crippen LogP contribution in [0.5, 0.6) is 5.75 Å². The lowest BCUT2D eigenvalue weighted by Crippen LogP contribution is -2.23. The monoisotopic (exact) mass is 310 g/mol. The average Bonchev–Trinajstić information content (AvgIpc) is 2.36. The van der Waals surface area contributed by atoms with Crippen molar-refractivity contribution in [3.63, 3.8) is 0 Å². The first-order valence-electron chi connectivity index (χ1n) is 5.73. The second kappa shape index (κ2) is 5.61. The molecule has 5 N–H and O–H groups in total. The Morgan fingerprint density at radius 1 is 1.10 bits per heavy atom. The summed E-state index contributed by atoms with van der Waals surface area (Å²) in [7, 11) is 0. The fourth-order valence-electron chi connectivity index (χ4n) is 2.01. The molecule has 0 saturated carbocycles. The Morgan fingerprint density at radius 2 is 1.80 bits per heavy atom. The van der Waals surface area contributed by atoms with Crippen molar-refractivity contribution in [2.24, 2.45) is 5.73 Å². The number of phenols is 1. The molecule has 0 aliphatic rings. The molecule has 0 fully saturated rings. The minimum absolute atomic E-state index is 0.0777. The number of benzene rings is 2. The van der Waals surface area contributed by atoms with Gasteiger partial charge in [0.05, 0.1) is 5.92 Å². The van der Waals surface area contributed by atoms with Crippen LogP contribution in [0.15, 0.2) is 36.4 Å². The number of nitrogen functional groups attached to an aromatic ring is 1. The minimum Gasteiger partial charge on any atom is -0.508 e. The molecule has 1 unspecified atom stereocenters. The topological polar surface area (TPSA) is 89.3 Å². The van der Waals surface area contributed by atoms with Crippen LogP contribution < -0.4 is 11.5 Å². The van der Waals surface area contributed by atoms with Crippen LogP contribution in [0.4, 0.5) is 5.69 Å². The van der Waals surface area contributed by atoms with Gasteiger partial charge in [-0.15, -0.1) is 0 Å². The highest BCUT2D eigenvalue weighted by Crippen LogP contribution is 2.36. The van der Waals surface area contributed by atoms with Crippen molar-refractivity contribution < 1.29 is 9.90 Å². The Kier molecular flexibility index (Phi) is 4.06. The van der Waals surface area contributed by atoms with Gasteiger partial charge in [-0.05, 0) is 35.9 Å². The number of amides is 1. The summed E-state index contributed by atoms with van der Waals surface area (Å²) in [6.07, 6.45) is 0. The van der Waals surface area contributed by atoms with Gasteiger partial charge in [0.25, 0.3) is 0 Å². The highest BCUT2D eigenvalue weighted by molar-refractivity contribution is 6.32. The minimum atomic E-state index is -0.901. The summed E-state index contributed by atoms with van der Waals surface area (Å²) in [6, 6.07) is 9.14. The molecule has 2 aromatic rings. The molecular formula is C14H12Cl2N2O2. The zero-order valence-corrected chi connectivity index (χ0v) is 11.8. The van der Waals surface area contributed by atoms with Crippen LogP contribution in [0, 0.1) is 0 Å². The van der Waals surface area contributed by atoms with Crippen LogP contribution in [0.3, 0.4) is 0 Å². The second-order valence-corrected chi connectivity index (χ2v) is 5.16. The Morgan fingerprint density at radius 3 is 2.40 bits per heavy atom. The number of rotatable bonds is 3. The van der Waals surface area contributed by atoms with Gasteiger partial charge in [0.2, 0.25) is 5.91 Å². The number of phenolic OH excluding ortho intramolecular Hbond substituents is 1. The lowest BCUT2D eigenvalue weighted by Gasteiger charge is -2.17. The standard InChI is InChI=1S/C14H12Cl2N2O2/c15-7-1-4-12(19)10(5-7)13(14(18)20)9-3-2-8(17)6-11(9)16/h1-6,13,19H,17H2,(H2,18,20). The summed E-state index contributed by atoms with van der Waals surface area (Å²) in [6.45, 7) is 0. The zero-order chi connectivity index (χ0) is 14.9. The molecule has 1 amide bonds. The molecule has 0 aliphatic carbocycles. The normalized spacial score (nSPS) is 12.1. The molecule has 104 valence electrons. The summed E-state index contributed by atoms with van der Waals surface area (Å²) >= 11 is 12.0. The molecule has 0 aromatic heterocycles. The van der Waals surface area contributed by atoms with Crippen LogP contribution in [-0.4, -0.2) is 11.0 Å². The number of carbonyl (C=O) groups is 1. The highest BCUT2D eigenvalue weighted by atomic mass is 35.5. The number of carbonyl (C=O) groups excluding carboxylic acids is 1. The third-order valence-electron chi connectivity index (χ3n) is 2.92. The number of hydrogen-bond acceptors (Lipinski definition) is 3. The van der Waals surface area contributed by atoms with Crippen molar-refractivity contribution in [1.29, 1.82) is 0 Å². The van der Waals surface area contributed by atoms with Gasteiger partial charge in [-0.3, -0.25) is 4.79 Å². The lowest BCUT2D eigenvalue weighted by atomic mass is 9.90. The maximum absolute atomic E-state index is 11.8. The molecule has 0 saturated heterocycles. The molecule has 1 atom stereocenters. The second-order valence-electron chi connectivity index (χ2n) is 4.32. The van der Waals surface area contributed by atoms with Gasteiger partial charge in [0.1, 0.15) is 5.75 Å². The van der Waals surface area contributed by atoms with Crippen LogP contribution in [-0.2, 0) is 4.79 Å². The highest BCUT2D eigenvalue weighted by Gasteiger charge is 2.25. The Hall–Kier alpha value is -1.91. The third-order valence-corrected chi connectivity index (χ3v) is 3.48. The van der Waals surface area contributed by atoms with Gasteiger partial charge in [0, 0.05) is 21.3 Å². The zero-order valence-electron chi connectivity index (χ0n) is 10.3. The molecule has 0 bridgehead atoms. The summed E-state index contributed by atoms with van der Waals surface area (Å²) in [5, 5.41) is 10.6. The van der Waals surface area contributed by atoms with E-state index in [0.29, 0.717) is 26.9 Å². The fourth-order valence-corrected chi connectivity index (χ4v) is 2.49. The first-order chi connectivity index (χ1) is 9.40. The molecule has 0 radical (unpaired) electrons. The molecule has 4 nitrogen and oxygen atoms in total. The molecule has 20 heavy (non-hydrogen) atoms. The van der Waals surface area contributed by atoms with E-state index in [1.807, 2.05) is 0 Å². The number of anilines is 1. The predicted molar refractivity (Wildman–Crippen MR) is 80.0 cm³/mol. The maximum atomic E-state index is 11.8. The third kappa shape index (κ3) is 2.81. The molecule has 2 aromatic carbocycles. The predicted octanol–water partition coefficient (Wildman–Crippen LogP) is 2.90. The first-order valence-corrected chi connectivity index (χ1v) is 6.48. The average molecular weight is 311 g/mol. The number of primary amides is 1. The van der Waals surface area contributed by atoms with Gasteiger partial charge >= 0.3 is 0 Å². The van der Waals surface area contributed by atoms with Crippen LogP contribution in [0.2, 0.25) is 10.0 Å². The van der Waals surface area contributed by atoms with E-state index in [1.54, 1.807) is 12.1 Å². The van der Waals surface area contributed by atoms with Gasteiger partial charge in [0.15, 0.2) is 0 Å². The van der Waals surface area contributed by atoms with Crippen molar-refractivity contribution >= 4 is 34.8 Å². The first kappa shape index (κ1) is 14.5. The van der Waals surface area contributed by atoms with Crippen molar-refractivity contribution in [3.05, 3.63) is 57.6 Å². The maximum Gasteiger partial charge on any atom is 0.229 e. The van der Waals surface area contributed by atoms with Gasteiger partial charge in [-0.1, -0.05) is 29.3 Å². The van der Waals surface area contributed by atoms with E-state index < -0.39 is 11.8 Å². The summed E-state index contributed by atoms with van der Waals surface area (Å²) in [4.78, 5) is 11.8. The summed E-state index contributed by atoms with van der Waals surface area (Å²) in [5.41, 5.74) is 12.3. The largest absolute Gasteiger partial charge is 0.508 e. The number of aromatic hydroxyl groups is 1. The van der Waals surface area contributed by atoms with Crippen LogP contribution in [0.1, 0.15) is 17.0 Å². The molecule has 0 spiro atoms. The van der Waals surface area contributed by atoms with Crippen molar-refractivity contribution in [3.8, 4) is 5.75 Å². The number of hydrogen-bond donors (Lipinski definition) is 3. The lowest BCUT2D eigenvalue weighted by molar-refractivity contribution is -0.118. The molecule has 0 aliphatic heterocycles. The van der Waals surface area contributed by atoms with E-state index in [1.165, 1.54) is 24.3 Å². The van der Waals surface area contributed by atoms with Gasteiger partial charge < -0.3 is 16.6 Å². The van der Waals surface area contributed by atoms with E-state index in [2.05, 4.69) is 0 Å². The Balaban J connectivity index is 2.62. The van der Waals surface area contributed by atoms with Crippen LogP contribution >= 0.6 is 23.2 Å². The smallest absolute Gasteiger partial charge is 0.229 e. The van der Waals surface area contributed by atoms with Crippen molar-refractivity contribution in [2.75, 3.05) is 5.73 Å².